The van der Waals surface area contributed by atoms with Gasteiger partial charge in [-0.3, -0.25) is 0 Å². The number of rotatable bonds is 5. The molecule has 1 rings (SSSR count). The molecule has 0 unspecified atom stereocenters. The molecule has 1 aromatic carbocycles. The molecule has 4 heteroatoms. The van der Waals surface area contributed by atoms with Gasteiger partial charge >= 0.3 is 5.97 Å². The average molecular weight is 299 g/mol. The molecule has 92 valence electrons. The first kappa shape index (κ1) is 13.9. The number of carbonyl (C=O) groups is 1. The van der Waals surface area contributed by atoms with E-state index >= 15 is 0 Å². The molecule has 0 saturated heterocycles. The molecule has 0 heterocycles. The van der Waals surface area contributed by atoms with Crippen molar-refractivity contribution in [2.45, 2.75) is 17.9 Å². The van der Waals surface area contributed by atoms with E-state index < -0.39 is 12.1 Å². The molecule has 17 heavy (non-hydrogen) atoms. The van der Waals surface area contributed by atoms with Gasteiger partial charge in [0.25, 0.3) is 0 Å². The third-order valence-corrected chi connectivity index (χ3v) is 2.95. The molecule has 3 nitrogen and oxygen atoms in total. The third kappa shape index (κ3) is 4.71. The van der Waals surface area contributed by atoms with Crippen molar-refractivity contribution in [3.05, 3.63) is 48.0 Å². The van der Waals surface area contributed by atoms with Crippen LogP contribution in [0, 0.1) is 0 Å². The Hall–Kier alpha value is -1.13. The maximum absolute atomic E-state index is 11.1. The van der Waals surface area contributed by atoms with Crippen LogP contribution in [-0.2, 0) is 9.53 Å². The quantitative estimate of drug-likeness (QED) is 0.516. The van der Waals surface area contributed by atoms with Crippen LogP contribution in [0.3, 0.4) is 0 Å². The fraction of sp³-hybridized carbons (Fsp3) is 0.308. The molecule has 0 saturated carbocycles. The molecule has 1 aromatic rings. The largest absolute Gasteiger partial charge is 0.463 e. The van der Waals surface area contributed by atoms with Crippen molar-refractivity contribution in [1.29, 1.82) is 0 Å². The minimum atomic E-state index is -0.693. The molecule has 0 fully saturated rings. The summed E-state index contributed by atoms with van der Waals surface area (Å²) in [6.07, 6.45) is 2.20. The number of esters is 1. The Morgan fingerprint density at radius 1 is 1.47 bits per heavy atom. The predicted octanol–water partition coefficient (Wildman–Crippen LogP) is 2.60. The molecule has 0 aromatic heterocycles. The number of alkyl halides is 1. The monoisotopic (exact) mass is 298 g/mol. The average Bonchev–Trinajstić information content (AvgIpc) is 2.36. The number of hydrogen-bond acceptors (Lipinski definition) is 3. The first-order valence-corrected chi connectivity index (χ1v) is 6.28. The smallest absolute Gasteiger partial charge is 0.330 e. The van der Waals surface area contributed by atoms with Gasteiger partial charge in [0.15, 0.2) is 0 Å². The first-order valence-electron chi connectivity index (χ1n) is 5.37. The lowest BCUT2D eigenvalue weighted by atomic mass is 10.1. The molecular formula is C13H15BrO3. The first-order chi connectivity index (χ1) is 8.15. The van der Waals surface area contributed by atoms with Crippen LogP contribution < -0.4 is 0 Å². The van der Waals surface area contributed by atoms with E-state index in [1.165, 1.54) is 6.08 Å². The van der Waals surface area contributed by atoms with E-state index in [0.29, 0.717) is 6.61 Å². The second-order valence-electron chi connectivity index (χ2n) is 3.41. The van der Waals surface area contributed by atoms with Gasteiger partial charge in [0, 0.05) is 6.08 Å². The summed E-state index contributed by atoms with van der Waals surface area (Å²) in [5.41, 5.74) is 0.794. The minimum absolute atomic E-state index is 0.325. The van der Waals surface area contributed by atoms with Crippen LogP contribution >= 0.6 is 15.9 Å². The molecule has 0 bridgehead atoms. The van der Waals surface area contributed by atoms with Gasteiger partial charge in [-0.25, -0.2) is 4.79 Å². The summed E-state index contributed by atoms with van der Waals surface area (Å²) in [4.78, 5) is 10.8. The summed E-state index contributed by atoms with van der Waals surface area (Å²) in [7, 11) is 0. The van der Waals surface area contributed by atoms with Crippen LogP contribution in [0.15, 0.2) is 42.5 Å². The molecule has 1 N–H and O–H groups in total. The van der Waals surface area contributed by atoms with Crippen LogP contribution in [0.25, 0.3) is 0 Å². The van der Waals surface area contributed by atoms with Gasteiger partial charge in [0.05, 0.1) is 17.5 Å². The van der Waals surface area contributed by atoms with E-state index in [9.17, 15) is 9.90 Å². The van der Waals surface area contributed by atoms with Crippen molar-refractivity contribution < 1.29 is 14.6 Å². The molecule has 0 aliphatic carbocycles. The third-order valence-electron chi connectivity index (χ3n) is 2.15. The van der Waals surface area contributed by atoms with Crippen molar-refractivity contribution in [3.8, 4) is 0 Å². The van der Waals surface area contributed by atoms with Crippen molar-refractivity contribution in [1.82, 2.24) is 0 Å². The Labute approximate surface area is 109 Å². The lowest BCUT2D eigenvalue weighted by molar-refractivity contribution is -0.137. The Morgan fingerprint density at radius 2 is 2.12 bits per heavy atom. The molecule has 0 aliphatic heterocycles. The Morgan fingerprint density at radius 3 is 2.71 bits per heavy atom. The van der Waals surface area contributed by atoms with Crippen LogP contribution in [0.4, 0.5) is 0 Å². The second-order valence-corrected chi connectivity index (χ2v) is 4.47. The number of benzene rings is 1. The maximum Gasteiger partial charge on any atom is 0.330 e. The summed E-state index contributed by atoms with van der Waals surface area (Å²) >= 11 is 3.32. The highest BCUT2D eigenvalue weighted by Crippen LogP contribution is 2.23. The van der Waals surface area contributed by atoms with E-state index in [2.05, 4.69) is 15.9 Å². The summed E-state index contributed by atoms with van der Waals surface area (Å²) in [6, 6.07) is 9.25. The van der Waals surface area contributed by atoms with Crippen LogP contribution in [0.1, 0.15) is 18.6 Å². The van der Waals surface area contributed by atoms with E-state index in [1.54, 1.807) is 13.0 Å². The lowest BCUT2D eigenvalue weighted by Gasteiger charge is -2.13. The second kappa shape index (κ2) is 7.25. The molecule has 0 aliphatic rings. The highest BCUT2D eigenvalue weighted by atomic mass is 79.9. The van der Waals surface area contributed by atoms with Crippen LogP contribution in [0.2, 0.25) is 0 Å². The summed E-state index contributed by atoms with van der Waals surface area (Å²) in [6.45, 7) is 2.09. The lowest BCUT2D eigenvalue weighted by Crippen LogP contribution is -2.10. The summed E-state index contributed by atoms with van der Waals surface area (Å²) < 4.78 is 4.75. The highest BCUT2D eigenvalue weighted by Gasteiger charge is 2.15. The Balaban J connectivity index is 2.59. The van der Waals surface area contributed by atoms with E-state index in [4.69, 9.17) is 4.74 Å². The highest BCUT2D eigenvalue weighted by molar-refractivity contribution is 9.09. The van der Waals surface area contributed by atoms with E-state index in [0.717, 1.165) is 5.56 Å². The van der Waals surface area contributed by atoms with Crippen molar-refractivity contribution >= 4 is 21.9 Å². The SMILES string of the molecule is CCOC(=O)/C=C/[C@@H](Br)[C@H](O)c1ccccc1. The summed E-state index contributed by atoms with van der Waals surface area (Å²) in [5, 5.41) is 9.98. The zero-order chi connectivity index (χ0) is 12.7. The Kier molecular flexibility index (Phi) is 5.94. The number of ether oxygens (including phenoxy) is 1. The van der Waals surface area contributed by atoms with E-state index in [-0.39, 0.29) is 4.83 Å². The van der Waals surface area contributed by atoms with Crippen molar-refractivity contribution in [2.75, 3.05) is 6.61 Å². The van der Waals surface area contributed by atoms with Gasteiger partial charge in [0.2, 0.25) is 0 Å². The predicted molar refractivity (Wildman–Crippen MR) is 69.9 cm³/mol. The summed E-state index contributed by atoms with van der Waals surface area (Å²) in [5.74, 6) is -0.405. The van der Waals surface area contributed by atoms with Gasteiger partial charge in [-0.2, -0.15) is 0 Å². The van der Waals surface area contributed by atoms with Gasteiger partial charge in [0.1, 0.15) is 0 Å². The molecule has 0 spiro atoms. The van der Waals surface area contributed by atoms with Gasteiger partial charge < -0.3 is 9.84 Å². The molecule has 0 radical (unpaired) electrons. The molecule has 0 amide bonds. The minimum Gasteiger partial charge on any atom is -0.463 e. The zero-order valence-corrected chi connectivity index (χ0v) is 11.1. The van der Waals surface area contributed by atoms with Gasteiger partial charge in [-0.05, 0) is 12.5 Å². The fourth-order valence-corrected chi connectivity index (χ4v) is 1.76. The Bertz CT molecular complexity index is 376. The molecule has 2 atom stereocenters. The van der Waals surface area contributed by atoms with Crippen molar-refractivity contribution in [2.24, 2.45) is 0 Å². The fourth-order valence-electron chi connectivity index (χ4n) is 1.30. The molecular weight excluding hydrogens is 284 g/mol. The normalized spacial score (nSPS) is 14.5. The van der Waals surface area contributed by atoms with Gasteiger partial charge in [-0.1, -0.05) is 52.3 Å². The number of aliphatic hydroxyl groups is 1. The topological polar surface area (TPSA) is 46.5 Å². The number of halogens is 1. The van der Waals surface area contributed by atoms with E-state index in [1.807, 2.05) is 30.3 Å². The standard InChI is InChI=1S/C13H15BrO3/c1-2-17-12(15)9-8-11(14)13(16)10-6-4-3-5-7-10/h3-9,11,13,16H,2H2,1H3/b9-8+/t11-,13-/m1/s1. The number of hydrogen-bond donors (Lipinski definition) is 1. The van der Waals surface area contributed by atoms with Crippen LogP contribution in [0.5, 0.6) is 0 Å². The number of carbonyl (C=O) groups excluding carboxylic acids is 1. The zero-order valence-electron chi connectivity index (χ0n) is 9.54. The maximum atomic E-state index is 11.1. The van der Waals surface area contributed by atoms with Gasteiger partial charge in [-0.15, -0.1) is 0 Å². The number of aliphatic hydroxyl groups excluding tert-OH is 1. The van der Waals surface area contributed by atoms with Crippen LogP contribution in [-0.4, -0.2) is 22.5 Å². The van der Waals surface area contributed by atoms with Crippen molar-refractivity contribution in [3.63, 3.8) is 0 Å².